The van der Waals surface area contributed by atoms with E-state index in [0.717, 1.165) is 0 Å². The van der Waals surface area contributed by atoms with Gasteiger partial charge in [0, 0.05) is 29.1 Å². The Balaban J connectivity index is 0.000000264. The lowest BCUT2D eigenvalue weighted by Crippen LogP contribution is -2.47. The highest BCUT2D eigenvalue weighted by atomic mass is 35.5. The lowest BCUT2D eigenvalue weighted by molar-refractivity contribution is -0.163. The highest BCUT2D eigenvalue weighted by Crippen LogP contribution is 2.78. The molecule has 44 heteroatoms. The zero-order chi connectivity index (χ0) is 93.1. The maximum Gasteiger partial charge on any atom is 0.316 e. The zero-order valence-electron chi connectivity index (χ0n) is 68.6. The van der Waals surface area contributed by atoms with E-state index in [-0.39, 0.29) is 133 Å². The van der Waals surface area contributed by atoms with Crippen LogP contribution >= 0.6 is 69.6 Å². The number of rotatable bonds is 36. The molecule has 702 valence electrons. The van der Waals surface area contributed by atoms with E-state index in [9.17, 15) is 114 Å². The smallest absolute Gasteiger partial charge is 0.316 e. The summed E-state index contributed by atoms with van der Waals surface area (Å²) in [5, 5.41) is 165. The molecule has 0 aromatic heterocycles. The first kappa shape index (κ1) is 108. The van der Waals surface area contributed by atoms with Crippen molar-refractivity contribution in [3.8, 4) is 0 Å². The number of allylic oxidation sites excluding steroid dienone is 2. The van der Waals surface area contributed by atoms with Crippen LogP contribution in [0.15, 0.2) is 22.2 Å². The Bertz CT molecular complexity index is 3700. The molecule has 4 heterocycles. The maximum absolute atomic E-state index is 12.7. The zero-order valence-corrected chi connectivity index (χ0v) is 73.2. The predicted octanol–water partition coefficient (Wildman–Crippen LogP) is 2.67. The van der Waals surface area contributed by atoms with E-state index < -0.39 is 210 Å². The number of halogens is 6. The van der Waals surface area contributed by atoms with Crippen LogP contribution in [0.25, 0.3) is 0 Å². The van der Waals surface area contributed by atoms with Crippen LogP contribution in [0.1, 0.15) is 150 Å². The first-order valence-electron chi connectivity index (χ1n) is 40.1. The molecule has 18 N–H and O–H groups in total. The quantitative estimate of drug-likeness (QED) is 0.0185. The standard InChI is InChI=1S/C15H22O7.C14H14Cl6O6.C14H20O7.2C13H22O6.C10H16O6/c1-2-13(6-16,7-17)8-21-12(20)15-5-14(15,11(18)19)9-3-4-10(15)22-9;1-11(2-21,3-22)4-26-10(25)6-5(9(23)24)12(17)7(15)8(16)13(6,18)14(12,19)20;1-2-14(5-15,6-16)7-20-13(19)11-9-4-3-8(21-9)10(11)12(17)18;1-13(6-14,7-15)8-19-12(18)10-4-2-9(3-5-10)11(16)17;1-13(6-14,7-15)8-19-12(18)10-4-2-3-9(5-10)11(16)17;11-6-3-7(12)5-8(4-6)16-10(15)2-1-9(13)14/h9-10,16-17H,2-8H2,1H3,(H,18,19);5-6,21-22H,2-4H2,1H3,(H,23,24);3-4,8-11,15-16H,2,5-7H2,1H3,(H,17,18);2*9-10,14-15H,2-8H2,1H3,(H,16,17);6-8,11-12H,1-5H2,(H,13,14). The number of aliphatic hydroxyl groups is 12. The molecule has 3 saturated heterocycles. The second kappa shape index (κ2) is 45.5. The number of alkyl halides is 4. The Morgan fingerprint density at radius 2 is 0.837 bits per heavy atom. The van der Waals surface area contributed by atoms with Crippen molar-refractivity contribution in [1.82, 2.24) is 0 Å². The number of esters is 6. The minimum atomic E-state index is -2.22. The van der Waals surface area contributed by atoms with Gasteiger partial charge in [0.2, 0.25) is 0 Å². The summed E-state index contributed by atoms with van der Waals surface area (Å²) >= 11 is 37.5. The summed E-state index contributed by atoms with van der Waals surface area (Å²) in [4.78, 5) is 135. The Morgan fingerprint density at radius 1 is 0.431 bits per heavy atom. The van der Waals surface area contributed by atoms with Crippen LogP contribution in [-0.4, -0.2) is 319 Å². The summed E-state index contributed by atoms with van der Waals surface area (Å²) in [7, 11) is 0. The molecule has 6 aliphatic carbocycles. The van der Waals surface area contributed by atoms with E-state index in [1.165, 1.54) is 6.92 Å². The third-order valence-corrected chi connectivity index (χ3v) is 29.3. The van der Waals surface area contributed by atoms with Crippen LogP contribution in [0.4, 0.5) is 0 Å². The Labute approximate surface area is 738 Å². The molecule has 0 radical (unpaired) electrons. The SMILES string of the molecule is CC(CO)(CO)COC(=O)C1C(C(=O)O)C2(Cl)C(Cl)=C(Cl)C1(Cl)C2(Cl)Cl.CC(CO)(CO)COC(=O)C1CCC(C(=O)O)CC1.CC(CO)(CO)COC(=O)C1CCCC(C(=O)O)C1.CCC(CO)(CO)COC(=O)C12CC1(C(=O)O)C1CCC2O1.CCC(CO)(CO)COC(=O)C1C2C=CC(O2)C1C(=O)O.O=C(O)CCC(=O)OC1CC(O)CC(O)C1. The number of ether oxygens (including phenoxy) is 8. The van der Waals surface area contributed by atoms with Crippen LogP contribution in [-0.2, 0) is 95.4 Å². The third-order valence-electron chi connectivity index (χ3n) is 25.1. The fourth-order valence-corrected chi connectivity index (χ4v) is 18.8. The van der Waals surface area contributed by atoms with Gasteiger partial charge in [-0.15, -0.1) is 23.2 Å². The van der Waals surface area contributed by atoms with Crippen molar-refractivity contribution < 1.29 is 187 Å². The minimum Gasteiger partial charge on any atom is -0.481 e. The van der Waals surface area contributed by atoms with Gasteiger partial charge in [-0.1, -0.05) is 99.6 Å². The van der Waals surface area contributed by atoms with Gasteiger partial charge in [0.05, 0.1) is 172 Å². The molecule has 0 aromatic carbocycles. The van der Waals surface area contributed by atoms with Gasteiger partial charge in [-0.05, 0) is 83.5 Å². The first-order chi connectivity index (χ1) is 57.5. The molecule has 123 heavy (non-hydrogen) atoms. The van der Waals surface area contributed by atoms with Crippen molar-refractivity contribution in [3.05, 3.63) is 22.2 Å². The normalized spacial score (nSPS) is 31.0. The topological polar surface area (TPSA) is 643 Å². The number of carboxylic acids is 6. The number of hydrogen-bond donors (Lipinski definition) is 18. The fraction of sp³-hybridized carbons (Fsp3) is 0.797. The summed E-state index contributed by atoms with van der Waals surface area (Å²) in [6.45, 7) is 4.17. The van der Waals surface area contributed by atoms with Crippen LogP contribution in [0.3, 0.4) is 0 Å². The van der Waals surface area contributed by atoms with Crippen LogP contribution < -0.4 is 0 Å². The van der Waals surface area contributed by atoms with Gasteiger partial charge in [0.25, 0.3) is 0 Å². The molecule has 6 bridgehead atoms. The summed E-state index contributed by atoms with van der Waals surface area (Å²) in [6.07, 6.45) is 6.70. The summed E-state index contributed by atoms with van der Waals surface area (Å²) in [5.74, 6) is -16.8. The number of fused-ring (bicyclic) bond motifs is 9. The monoisotopic (exact) mass is 1880 g/mol. The Morgan fingerprint density at radius 3 is 1.25 bits per heavy atom. The molecule has 38 nitrogen and oxygen atoms in total. The maximum atomic E-state index is 12.7. The lowest BCUT2D eigenvalue weighted by Gasteiger charge is -2.34. The molecular formula is C79H116Cl6O38. The molecule has 10 rings (SSSR count). The van der Waals surface area contributed by atoms with Crippen LogP contribution in [0, 0.1) is 85.2 Å². The average molecular weight is 1890 g/mol. The first-order valence-corrected chi connectivity index (χ1v) is 42.4. The summed E-state index contributed by atoms with van der Waals surface area (Å²) in [6, 6.07) is 0. The van der Waals surface area contributed by atoms with Gasteiger partial charge in [-0.2, -0.15) is 0 Å². The van der Waals surface area contributed by atoms with E-state index in [1.807, 2.05) is 0 Å². The van der Waals surface area contributed by atoms with Gasteiger partial charge in [-0.25, -0.2) is 0 Å². The summed E-state index contributed by atoms with van der Waals surface area (Å²) < 4.78 is 39.6. The molecule has 0 spiro atoms. The van der Waals surface area contributed by atoms with Crippen LogP contribution in [0.5, 0.6) is 0 Å². The highest BCUT2D eigenvalue weighted by molar-refractivity contribution is 6.66. The largest absolute Gasteiger partial charge is 0.481 e. The summed E-state index contributed by atoms with van der Waals surface area (Å²) in [5.41, 5.74) is -6.83. The molecule has 0 amide bonds. The Hall–Kier alpha value is -5.70. The second-order valence-electron chi connectivity index (χ2n) is 34.4. The predicted molar refractivity (Wildman–Crippen MR) is 427 cm³/mol. The molecular weight excluding hydrogens is 1770 g/mol. The van der Waals surface area contributed by atoms with Gasteiger partial charge >= 0.3 is 71.6 Å². The molecule has 5 saturated carbocycles. The highest BCUT2D eigenvalue weighted by Gasteiger charge is 2.90. The van der Waals surface area contributed by atoms with Crippen molar-refractivity contribution >= 4 is 141 Å². The van der Waals surface area contributed by atoms with Crippen molar-refractivity contribution in [1.29, 1.82) is 0 Å². The number of hydrogen-bond acceptors (Lipinski definition) is 32. The second-order valence-corrected chi connectivity index (χ2v) is 37.7. The van der Waals surface area contributed by atoms with E-state index in [0.29, 0.717) is 96.3 Å². The molecule has 16 atom stereocenters. The van der Waals surface area contributed by atoms with Crippen molar-refractivity contribution in [2.75, 3.05) is 99.1 Å². The molecule has 16 unspecified atom stereocenters. The van der Waals surface area contributed by atoms with Gasteiger partial charge in [-0.3, -0.25) is 57.5 Å². The van der Waals surface area contributed by atoms with E-state index in [1.54, 1.807) is 39.8 Å². The number of aliphatic hydroxyl groups excluding tert-OH is 12. The number of carbonyl (C=O) groups excluding carboxylic acids is 6. The molecule has 8 fully saturated rings. The van der Waals surface area contributed by atoms with Crippen molar-refractivity contribution in [2.24, 2.45) is 85.2 Å². The lowest BCUT2D eigenvalue weighted by atomic mass is 9.79. The minimum absolute atomic E-state index is 0.0301. The van der Waals surface area contributed by atoms with E-state index in [2.05, 4.69) is 0 Å². The Kier molecular flexibility index (Phi) is 39.9. The molecule has 0 aromatic rings. The van der Waals surface area contributed by atoms with Gasteiger partial charge in [0.1, 0.15) is 71.6 Å². The molecule has 4 aliphatic heterocycles. The van der Waals surface area contributed by atoms with Gasteiger partial charge < -0.3 is 130 Å². The molecule has 10 aliphatic rings. The average Bonchev–Trinajstić information content (AvgIpc) is 1.47. The van der Waals surface area contributed by atoms with Crippen LogP contribution in [0.2, 0.25) is 0 Å². The number of carbonyl (C=O) groups is 12. The van der Waals surface area contributed by atoms with Crippen molar-refractivity contribution in [3.63, 3.8) is 0 Å². The van der Waals surface area contributed by atoms with Gasteiger partial charge in [0.15, 0.2) is 4.33 Å². The van der Waals surface area contributed by atoms with Crippen molar-refractivity contribution in [2.45, 2.75) is 207 Å². The third kappa shape index (κ3) is 24.3. The number of aliphatic carboxylic acids is 6. The number of carboxylic acid groups (broad SMARTS) is 6. The van der Waals surface area contributed by atoms with E-state index in [4.69, 9.17) is 143 Å². The van der Waals surface area contributed by atoms with E-state index >= 15 is 0 Å². The fourth-order valence-electron chi connectivity index (χ4n) is 15.9.